The van der Waals surface area contributed by atoms with Crippen molar-refractivity contribution >= 4 is 98.0 Å². The van der Waals surface area contributed by atoms with Crippen molar-refractivity contribution in [2.45, 2.75) is 137 Å². The molecule has 2 aliphatic heterocycles. The third-order valence-corrected chi connectivity index (χ3v) is 13.5. The van der Waals surface area contributed by atoms with E-state index >= 15 is 0 Å². The fourth-order valence-corrected chi connectivity index (χ4v) is 6.80. The number of halogens is 19. The number of nitro benzene ring substituents is 2. The van der Waals surface area contributed by atoms with Gasteiger partial charge in [-0.25, -0.2) is 26.6 Å². The molecule has 15 nitrogen and oxygen atoms in total. The molecule has 3 heterocycles. The number of amides is 3. The van der Waals surface area contributed by atoms with Gasteiger partial charge in [-0.15, -0.1) is 5.10 Å². The summed E-state index contributed by atoms with van der Waals surface area (Å²) in [5, 5.41) is 29.8. The van der Waals surface area contributed by atoms with E-state index in [-0.39, 0.29) is 95.3 Å². The van der Waals surface area contributed by atoms with Gasteiger partial charge in [0.1, 0.15) is 11.4 Å². The van der Waals surface area contributed by atoms with Gasteiger partial charge >= 0.3 is 18.5 Å². The molecular formula is C59H76Cl5F14N7O8. The SMILES string of the molecule is C.C.C.C.C.C.CC(C(F)(F)F)C(F)(F)F.CCC(F)(F)F.CN1C(=O)CCC1=O.CN1CCCC1=O.Cc1c(Cl)c(Cl)c(Cl)c(Cl)c1Cl.Cc1c(F)c(F)c(F)c(F)c1F.Cc1ccc([N+](=O)[O-])cc1.Cc1cccc([N+](=O)[O-])c1.Cn1nnc2ccccc2c1=O. The van der Waals surface area contributed by atoms with Crippen LogP contribution in [-0.2, 0) is 21.4 Å². The lowest BCUT2D eigenvalue weighted by molar-refractivity contribution is -0.385. The second-order valence-corrected chi connectivity index (χ2v) is 19.5. The number of aromatic nitrogens is 3. The minimum atomic E-state index is -5.18. The third-order valence-electron chi connectivity index (χ3n) is 11.0. The molecule has 0 atom stereocenters. The number of carbonyl (C=O) groups is 3. The van der Waals surface area contributed by atoms with Gasteiger partial charge in [0.15, 0.2) is 23.3 Å². The number of non-ortho nitro benzene ring substituents is 2. The summed E-state index contributed by atoms with van der Waals surface area (Å²) in [5.74, 6) is -12.6. The van der Waals surface area contributed by atoms with Crippen LogP contribution in [0.15, 0.2) is 77.6 Å². The van der Waals surface area contributed by atoms with Gasteiger partial charge < -0.3 is 4.90 Å². The molecule has 0 unspecified atom stereocenters. The van der Waals surface area contributed by atoms with Crippen molar-refractivity contribution in [3.63, 3.8) is 0 Å². The maximum Gasteiger partial charge on any atom is 0.400 e. The number of hydrogen-bond donors (Lipinski definition) is 0. The summed E-state index contributed by atoms with van der Waals surface area (Å²) >= 11 is 28.8. The van der Waals surface area contributed by atoms with Gasteiger partial charge in [-0.3, -0.25) is 44.3 Å². The van der Waals surface area contributed by atoms with E-state index in [0.717, 1.165) is 44.4 Å². The average molecular weight is 1450 g/mol. The van der Waals surface area contributed by atoms with E-state index in [1.807, 2.05) is 39.1 Å². The van der Waals surface area contributed by atoms with Gasteiger partial charge in [-0.05, 0) is 64.3 Å². The zero-order chi connectivity index (χ0) is 67.8. The zero-order valence-electron chi connectivity index (χ0n) is 46.8. The van der Waals surface area contributed by atoms with E-state index in [9.17, 15) is 101 Å². The molecule has 528 valence electrons. The van der Waals surface area contributed by atoms with Crippen LogP contribution in [0, 0.1) is 82.9 Å². The van der Waals surface area contributed by atoms with Crippen LogP contribution in [0.25, 0.3) is 10.9 Å². The molecule has 0 N–H and O–H groups in total. The van der Waals surface area contributed by atoms with Gasteiger partial charge in [0.05, 0.1) is 40.3 Å². The Kier molecular flexibility index (Phi) is 48.6. The number of benzene rings is 5. The minimum absolute atomic E-state index is 0. The molecular weight excluding hydrogens is 1380 g/mol. The third kappa shape index (κ3) is 34.2. The first-order valence-electron chi connectivity index (χ1n) is 24.3. The fraction of sp³-hybridized carbons (Fsp3) is 0.424. The number of imide groups is 1. The van der Waals surface area contributed by atoms with E-state index in [2.05, 4.69) is 10.3 Å². The number of nitrogens with zero attached hydrogens (tertiary/aromatic N) is 7. The second-order valence-electron chi connectivity index (χ2n) is 17.7. The fourth-order valence-electron chi connectivity index (χ4n) is 5.57. The Morgan fingerprint density at radius 3 is 1.24 bits per heavy atom. The van der Waals surface area contributed by atoms with E-state index in [1.165, 1.54) is 34.8 Å². The maximum absolute atomic E-state index is 12.4. The van der Waals surface area contributed by atoms with Gasteiger partial charge in [-0.1, -0.05) is 157 Å². The number of aryl methyl sites for hydroxylation is 3. The van der Waals surface area contributed by atoms with Gasteiger partial charge in [0, 0.05) is 83.2 Å². The lowest BCUT2D eigenvalue weighted by Crippen LogP contribution is -2.33. The second kappa shape index (κ2) is 45.4. The van der Waals surface area contributed by atoms with Crippen molar-refractivity contribution in [2.24, 2.45) is 13.0 Å². The molecule has 2 fully saturated rings. The normalized spacial score (nSPS) is 11.7. The zero-order valence-corrected chi connectivity index (χ0v) is 50.6. The first-order chi connectivity index (χ1) is 39.8. The standard InChI is InChI=1S/C8H7N3O.C7H3Cl5.C7H3F5.2C7H7NO2.C5H7NO2.C5H9NO.C4H4F6.C3H5F3.6CH4/c1-11-8(12)6-4-2-3-5-7(6)9-10-11;2*1-2-3(8)5(10)7(12)6(11)4(2)9;1-6-2-4-7(5-3-6)8(9)10;1-6-3-2-4-7(5-6)8(9)10;1-6-4(7)2-3-5(6)8;1-6-4-2-3-5(6)7;1-2(3(5,6)7)4(8,9)10;1-2-3(4,5)6;;;;;;/h2-5H,1H3;2*1H3;2*2-5H,1H3;2-3H2,1H3;2-4H2,1H3;2H,1H3;2H2,1H3;6*1H4. The molecule has 6 aromatic rings. The highest BCUT2D eigenvalue weighted by atomic mass is 35.5. The molecule has 0 saturated carbocycles. The molecule has 1 aromatic heterocycles. The molecule has 2 aliphatic rings. The molecule has 93 heavy (non-hydrogen) atoms. The molecule has 2 saturated heterocycles. The number of likely N-dealkylation sites (tertiary alicyclic amines) is 2. The summed E-state index contributed by atoms with van der Waals surface area (Å²) in [6.45, 7) is 8.38. The lowest BCUT2D eigenvalue weighted by Gasteiger charge is -2.17. The summed E-state index contributed by atoms with van der Waals surface area (Å²) in [6.07, 6.45) is -12.4. The lowest BCUT2D eigenvalue weighted by atomic mass is 10.2. The van der Waals surface area contributed by atoms with Crippen LogP contribution in [0.4, 0.5) is 72.8 Å². The molecule has 0 radical (unpaired) electrons. The van der Waals surface area contributed by atoms with Gasteiger partial charge in [0.25, 0.3) is 16.9 Å². The molecule has 3 amide bonds. The van der Waals surface area contributed by atoms with Crippen LogP contribution in [-0.4, -0.2) is 91.5 Å². The summed E-state index contributed by atoms with van der Waals surface area (Å²) in [7, 11) is 4.94. The van der Waals surface area contributed by atoms with Gasteiger partial charge in [0.2, 0.25) is 23.5 Å². The number of nitro groups is 2. The first kappa shape index (κ1) is 99.6. The Morgan fingerprint density at radius 1 is 0.538 bits per heavy atom. The number of alkyl halides is 9. The predicted molar refractivity (Wildman–Crippen MR) is 340 cm³/mol. The van der Waals surface area contributed by atoms with Crippen LogP contribution >= 0.6 is 58.0 Å². The predicted octanol–water partition coefficient (Wildman–Crippen LogP) is 20.6. The molecule has 5 aromatic carbocycles. The molecule has 34 heteroatoms. The van der Waals surface area contributed by atoms with E-state index in [0.29, 0.717) is 45.3 Å². The highest BCUT2D eigenvalue weighted by molar-refractivity contribution is 6.55. The smallest absolute Gasteiger partial charge is 0.346 e. The van der Waals surface area contributed by atoms with Gasteiger partial charge in [-0.2, -0.15) is 39.5 Å². The Hall–Kier alpha value is -6.95. The van der Waals surface area contributed by atoms with Crippen LogP contribution in [0.2, 0.25) is 25.1 Å². The monoisotopic (exact) mass is 1450 g/mol. The molecule has 0 spiro atoms. The number of hydrogen-bond acceptors (Lipinski definition) is 10. The Morgan fingerprint density at radius 2 is 0.935 bits per heavy atom. The largest absolute Gasteiger partial charge is 0.400 e. The van der Waals surface area contributed by atoms with Crippen molar-refractivity contribution in [1.82, 2.24) is 24.8 Å². The van der Waals surface area contributed by atoms with E-state index < -0.39 is 75.4 Å². The van der Waals surface area contributed by atoms with E-state index in [4.69, 9.17) is 58.0 Å². The summed E-state index contributed by atoms with van der Waals surface area (Å²) in [5.41, 5.74) is 2.54. The highest BCUT2D eigenvalue weighted by Gasteiger charge is 2.53. The highest BCUT2D eigenvalue weighted by Crippen LogP contribution is 2.43. The number of fused-ring (bicyclic) bond motifs is 1. The maximum atomic E-state index is 12.4. The Balaban J connectivity index is -0.000000179. The summed E-state index contributed by atoms with van der Waals surface area (Å²) < 4.78 is 163. The van der Waals surface area contributed by atoms with Crippen molar-refractivity contribution in [1.29, 1.82) is 0 Å². The number of rotatable bonds is 2. The first-order valence-corrected chi connectivity index (χ1v) is 26.1. The summed E-state index contributed by atoms with van der Waals surface area (Å²) in [6, 6.07) is 20.1. The van der Waals surface area contributed by atoms with Crippen LogP contribution in [0.1, 0.15) is 113 Å². The van der Waals surface area contributed by atoms with Crippen molar-refractivity contribution < 1.29 is 85.7 Å². The van der Waals surface area contributed by atoms with E-state index in [1.54, 1.807) is 55.3 Å². The van der Waals surface area contributed by atoms with Crippen LogP contribution in [0.3, 0.4) is 0 Å². The quantitative estimate of drug-likeness (QED) is 0.0402. The average Bonchev–Trinajstić information content (AvgIpc) is 1.58. The Labute approximate surface area is 556 Å². The molecule has 0 aliphatic carbocycles. The topological polar surface area (TPSA) is 192 Å². The van der Waals surface area contributed by atoms with Crippen molar-refractivity contribution in [3.8, 4) is 0 Å². The molecule has 8 rings (SSSR count). The molecule has 0 bridgehead atoms. The van der Waals surface area contributed by atoms with Crippen molar-refractivity contribution in [3.05, 3.63) is 180 Å². The van der Waals surface area contributed by atoms with Crippen LogP contribution < -0.4 is 5.56 Å². The van der Waals surface area contributed by atoms with Crippen molar-refractivity contribution in [2.75, 3.05) is 20.6 Å². The summed E-state index contributed by atoms with van der Waals surface area (Å²) in [4.78, 5) is 65.3. The minimum Gasteiger partial charge on any atom is -0.346 e. The van der Waals surface area contributed by atoms with Crippen LogP contribution in [0.5, 0.6) is 0 Å². The number of carbonyl (C=O) groups excluding carboxylic acids is 3. The Bertz CT molecular complexity index is 3070.